The molecule has 7 heteroatoms. The monoisotopic (exact) mass is 424 g/mol. The Morgan fingerprint density at radius 3 is 2.20 bits per heavy atom. The molecule has 0 aromatic heterocycles. The molecule has 2 unspecified atom stereocenters. The number of amides is 3. The molecular formula is C23H21ClN2O4. The van der Waals surface area contributed by atoms with Gasteiger partial charge in [0.1, 0.15) is 11.9 Å². The second kappa shape index (κ2) is 9.91. The summed E-state index contributed by atoms with van der Waals surface area (Å²) in [6.45, 7) is 1.66. The highest BCUT2D eigenvalue weighted by Gasteiger charge is 2.19. The van der Waals surface area contributed by atoms with E-state index in [1.165, 1.54) is 6.07 Å². The average Bonchev–Trinajstić information content (AvgIpc) is 2.73. The van der Waals surface area contributed by atoms with Crippen molar-refractivity contribution in [3.05, 3.63) is 95.0 Å². The van der Waals surface area contributed by atoms with E-state index in [9.17, 15) is 14.7 Å². The van der Waals surface area contributed by atoms with Gasteiger partial charge >= 0.3 is 6.03 Å². The van der Waals surface area contributed by atoms with Gasteiger partial charge in [-0.2, -0.15) is 0 Å². The van der Waals surface area contributed by atoms with Crippen LogP contribution in [0.2, 0.25) is 5.02 Å². The molecule has 0 aliphatic carbocycles. The Morgan fingerprint density at radius 2 is 1.57 bits per heavy atom. The first-order chi connectivity index (χ1) is 14.4. The summed E-state index contributed by atoms with van der Waals surface area (Å²) >= 11 is 5.96. The predicted octanol–water partition coefficient (Wildman–Crippen LogP) is 4.80. The van der Waals surface area contributed by atoms with Crippen molar-refractivity contribution < 1.29 is 19.4 Å². The molecule has 3 amide bonds. The number of ether oxygens (including phenoxy) is 1. The number of urea groups is 1. The number of halogens is 1. The summed E-state index contributed by atoms with van der Waals surface area (Å²) in [5.74, 6) is -0.0662. The average molecular weight is 425 g/mol. The minimum absolute atomic E-state index is 0.211. The number of nitrogens with one attached hydrogen (secondary N) is 2. The lowest BCUT2D eigenvalue weighted by Crippen LogP contribution is -2.34. The predicted molar refractivity (Wildman–Crippen MR) is 116 cm³/mol. The van der Waals surface area contributed by atoms with Crippen LogP contribution in [0.15, 0.2) is 78.9 Å². The molecule has 0 aliphatic heterocycles. The molecule has 0 bridgehead atoms. The van der Waals surface area contributed by atoms with Crippen molar-refractivity contribution in [1.29, 1.82) is 0 Å². The van der Waals surface area contributed by atoms with Crippen LogP contribution in [0, 0.1) is 0 Å². The standard InChI is InChI=1S/C23H21ClN2O4/c1-15(27)21(16-7-3-2-4-8-16)30-18-13-11-17(12-14-18)25-23(29)26-22(28)19-9-5-6-10-20(19)24/h2-15,21,27H,1H3,(H2,25,26,28,29). The van der Waals surface area contributed by atoms with Gasteiger partial charge in [0.15, 0.2) is 0 Å². The van der Waals surface area contributed by atoms with Crippen molar-refractivity contribution in [2.45, 2.75) is 19.1 Å². The Kier molecular flexibility index (Phi) is 7.06. The third-order valence-electron chi connectivity index (χ3n) is 4.29. The summed E-state index contributed by atoms with van der Waals surface area (Å²) in [6.07, 6.45) is -1.24. The summed E-state index contributed by atoms with van der Waals surface area (Å²) in [4.78, 5) is 24.2. The fourth-order valence-corrected chi connectivity index (χ4v) is 3.05. The molecule has 3 rings (SSSR count). The van der Waals surface area contributed by atoms with E-state index in [1.807, 2.05) is 30.3 Å². The number of carbonyl (C=O) groups is 2. The summed E-state index contributed by atoms with van der Waals surface area (Å²) in [7, 11) is 0. The van der Waals surface area contributed by atoms with Crippen molar-refractivity contribution in [2.75, 3.05) is 5.32 Å². The van der Waals surface area contributed by atoms with E-state index in [2.05, 4.69) is 10.6 Å². The van der Waals surface area contributed by atoms with Crippen LogP contribution in [-0.2, 0) is 0 Å². The molecule has 2 atom stereocenters. The topological polar surface area (TPSA) is 87.7 Å². The summed E-state index contributed by atoms with van der Waals surface area (Å²) in [6, 6.07) is 21.8. The van der Waals surface area contributed by atoms with Gasteiger partial charge in [-0.15, -0.1) is 0 Å². The minimum atomic E-state index is -0.716. The number of rotatable bonds is 6. The molecule has 154 valence electrons. The Balaban J connectivity index is 1.60. The quantitative estimate of drug-likeness (QED) is 0.530. The third kappa shape index (κ3) is 5.59. The van der Waals surface area contributed by atoms with Crippen LogP contribution in [0.1, 0.15) is 28.9 Å². The number of aliphatic hydroxyl groups excluding tert-OH is 1. The highest BCUT2D eigenvalue weighted by atomic mass is 35.5. The molecule has 0 saturated carbocycles. The van der Waals surface area contributed by atoms with Gasteiger partial charge in [-0.1, -0.05) is 54.1 Å². The van der Waals surface area contributed by atoms with Crippen molar-refractivity contribution >= 4 is 29.2 Å². The number of hydrogen-bond donors (Lipinski definition) is 3. The summed E-state index contributed by atoms with van der Waals surface area (Å²) < 4.78 is 5.91. The zero-order valence-corrected chi connectivity index (χ0v) is 17.0. The lowest BCUT2D eigenvalue weighted by molar-refractivity contribution is 0.0481. The maximum Gasteiger partial charge on any atom is 0.326 e. The second-order valence-corrected chi connectivity index (χ2v) is 7.01. The molecule has 0 fully saturated rings. The normalized spacial score (nSPS) is 12.5. The first kappa shape index (κ1) is 21.4. The fourth-order valence-electron chi connectivity index (χ4n) is 2.83. The SMILES string of the molecule is CC(O)C(Oc1ccc(NC(=O)NC(=O)c2ccccc2Cl)cc1)c1ccccc1. The maximum absolute atomic E-state index is 12.1. The van der Waals surface area contributed by atoms with Gasteiger partial charge in [0.05, 0.1) is 16.7 Å². The maximum atomic E-state index is 12.1. The van der Waals surface area contributed by atoms with Crippen LogP contribution < -0.4 is 15.4 Å². The van der Waals surface area contributed by atoms with Gasteiger partial charge in [0.2, 0.25) is 0 Å². The summed E-state index contributed by atoms with van der Waals surface area (Å²) in [5.41, 5.74) is 1.54. The largest absolute Gasteiger partial charge is 0.483 e. The van der Waals surface area contributed by atoms with Crippen molar-refractivity contribution in [3.8, 4) is 5.75 Å². The molecule has 0 radical (unpaired) electrons. The first-order valence-corrected chi connectivity index (χ1v) is 9.68. The van der Waals surface area contributed by atoms with Gasteiger partial charge in [-0.05, 0) is 48.9 Å². The Labute approximate surface area is 179 Å². The van der Waals surface area contributed by atoms with E-state index in [-0.39, 0.29) is 10.6 Å². The van der Waals surface area contributed by atoms with Crippen LogP contribution in [-0.4, -0.2) is 23.1 Å². The van der Waals surface area contributed by atoms with E-state index in [1.54, 1.807) is 49.4 Å². The molecule has 6 nitrogen and oxygen atoms in total. The molecule has 3 aromatic rings. The molecule has 0 saturated heterocycles. The number of carbonyl (C=O) groups excluding carboxylic acids is 2. The van der Waals surface area contributed by atoms with E-state index < -0.39 is 24.1 Å². The number of aliphatic hydroxyl groups is 1. The van der Waals surface area contributed by atoms with Crippen LogP contribution in [0.4, 0.5) is 10.5 Å². The Morgan fingerprint density at radius 1 is 0.933 bits per heavy atom. The zero-order chi connectivity index (χ0) is 21.5. The Hall–Kier alpha value is -3.35. The molecular weight excluding hydrogens is 404 g/mol. The molecule has 0 spiro atoms. The van der Waals surface area contributed by atoms with Crippen LogP contribution >= 0.6 is 11.6 Å². The second-order valence-electron chi connectivity index (χ2n) is 6.60. The molecule has 0 aliphatic rings. The Bertz CT molecular complexity index is 1010. The van der Waals surface area contributed by atoms with Gasteiger partial charge in [0, 0.05) is 5.69 Å². The first-order valence-electron chi connectivity index (χ1n) is 9.30. The van der Waals surface area contributed by atoms with Crippen molar-refractivity contribution in [1.82, 2.24) is 5.32 Å². The lowest BCUT2D eigenvalue weighted by Gasteiger charge is -2.22. The molecule has 30 heavy (non-hydrogen) atoms. The van der Waals surface area contributed by atoms with Gasteiger partial charge in [-0.3, -0.25) is 10.1 Å². The zero-order valence-electron chi connectivity index (χ0n) is 16.2. The van der Waals surface area contributed by atoms with Crippen LogP contribution in [0.5, 0.6) is 5.75 Å². The number of hydrogen-bond acceptors (Lipinski definition) is 4. The lowest BCUT2D eigenvalue weighted by atomic mass is 10.1. The summed E-state index contributed by atoms with van der Waals surface area (Å²) in [5, 5.41) is 15.1. The third-order valence-corrected chi connectivity index (χ3v) is 4.62. The molecule has 3 N–H and O–H groups in total. The van der Waals surface area contributed by atoms with Gasteiger partial charge in [-0.25, -0.2) is 4.79 Å². The van der Waals surface area contributed by atoms with Crippen molar-refractivity contribution in [3.63, 3.8) is 0 Å². The van der Waals surface area contributed by atoms with E-state index >= 15 is 0 Å². The number of benzene rings is 3. The van der Waals surface area contributed by atoms with Gasteiger partial charge < -0.3 is 15.2 Å². The van der Waals surface area contributed by atoms with E-state index in [0.29, 0.717) is 11.4 Å². The minimum Gasteiger partial charge on any atom is -0.483 e. The van der Waals surface area contributed by atoms with E-state index in [4.69, 9.17) is 16.3 Å². The highest BCUT2D eigenvalue weighted by molar-refractivity contribution is 6.34. The van der Waals surface area contributed by atoms with Gasteiger partial charge in [0.25, 0.3) is 5.91 Å². The number of imide groups is 1. The molecule has 0 heterocycles. The van der Waals surface area contributed by atoms with Crippen LogP contribution in [0.25, 0.3) is 0 Å². The smallest absolute Gasteiger partial charge is 0.326 e. The molecule has 3 aromatic carbocycles. The van der Waals surface area contributed by atoms with E-state index in [0.717, 1.165) is 5.56 Å². The van der Waals surface area contributed by atoms with Crippen LogP contribution in [0.3, 0.4) is 0 Å². The van der Waals surface area contributed by atoms with Crippen molar-refractivity contribution in [2.24, 2.45) is 0 Å². The highest BCUT2D eigenvalue weighted by Crippen LogP contribution is 2.26. The number of anilines is 1. The fraction of sp³-hybridized carbons (Fsp3) is 0.130.